The molecule has 10 heteroatoms. The SMILES string of the molecule is CCOC(=O)N[C@H](c1cc(OC)c(OC)c(OC)c1)[C@@](C)(Br)[N+](=O)[O-]. The highest BCUT2D eigenvalue weighted by atomic mass is 79.9. The number of rotatable bonds is 8. The number of nitrogens with zero attached hydrogens (tertiary/aromatic N) is 1. The maximum atomic E-state index is 11.9. The first kappa shape index (κ1) is 20.8. The molecular formula is C15H21BrN2O7. The Kier molecular flexibility index (Phi) is 7.28. The van der Waals surface area contributed by atoms with Crippen molar-refractivity contribution < 1.29 is 28.7 Å². The molecule has 0 saturated heterocycles. The highest BCUT2D eigenvalue weighted by molar-refractivity contribution is 9.10. The number of amides is 1. The van der Waals surface area contributed by atoms with Gasteiger partial charge in [0.05, 0.1) is 27.9 Å². The second-order valence-corrected chi connectivity index (χ2v) is 6.64. The van der Waals surface area contributed by atoms with Crippen LogP contribution in [0, 0.1) is 10.1 Å². The van der Waals surface area contributed by atoms with Crippen LogP contribution in [0.4, 0.5) is 4.79 Å². The average Bonchev–Trinajstić information content (AvgIpc) is 2.58. The molecule has 0 aliphatic carbocycles. The lowest BCUT2D eigenvalue weighted by atomic mass is 9.99. The van der Waals surface area contributed by atoms with E-state index in [1.807, 2.05) is 0 Å². The van der Waals surface area contributed by atoms with Gasteiger partial charge in [-0.15, -0.1) is 0 Å². The summed E-state index contributed by atoms with van der Waals surface area (Å²) in [5.41, 5.74) is 0.374. The number of hydrogen-bond donors (Lipinski definition) is 1. The van der Waals surface area contributed by atoms with Crippen LogP contribution in [0.25, 0.3) is 0 Å². The zero-order valence-electron chi connectivity index (χ0n) is 14.6. The quantitative estimate of drug-likeness (QED) is 0.298. The number of hydrogen-bond acceptors (Lipinski definition) is 7. The molecule has 140 valence electrons. The van der Waals surface area contributed by atoms with Crippen molar-refractivity contribution in [3.05, 3.63) is 27.8 Å². The average molecular weight is 421 g/mol. The van der Waals surface area contributed by atoms with Crippen molar-refractivity contribution in [1.29, 1.82) is 0 Å². The van der Waals surface area contributed by atoms with Crippen LogP contribution < -0.4 is 19.5 Å². The van der Waals surface area contributed by atoms with E-state index in [2.05, 4.69) is 21.2 Å². The van der Waals surface area contributed by atoms with Crippen LogP contribution in [0.3, 0.4) is 0 Å². The number of carbonyl (C=O) groups is 1. The monoisotopic (exact) mass is 420 g/mol. The van der Waals surface area contributed by atoms with Crippen molar-refractivity contribution >= 4 is 22.0 Å². The number of carbonyl (C=O) groups excluding carboxylic acids is 1. The fourth-order valence-corrected chi connectivity index (χ4v) is 2.56. The number of alkyl carbamates (subject to hydrolysis) is 1. The van der Waals surface area contributed by atoms with Crippen molar-refractivity contribution in [2.24, 2.45) is 0 Å². The number of methoxy groups -OCH3 is 3. The summed E-state index contributed by atoms with van der Waals surface area (Å²) in [6, 6.07) is 1.98. The molecule has 1 amide bonds. The van der Waals surface area contributed by atoms with Gasteiger partial charge in [-0.3, -0.25) is 10.1 Å². The van der Waals surface area contributed by atoms with Gasteiger partial charge in [0, 0.05) is 27.8 Å². The summed E-state index contributed by atoms with van der Waals surface area (Å²) in [6.45, 7) is 3.09. The van der Waals surface area contributed by atoms with Crippen molar-refractivity contribution in [3.63, 3.8) is 0 Å². The van der Waals surface area contributed by atoms with E-state index in [1.54, 1.807) is 6.92 Å². The van der Waals surface area contributed by atoms with E-state index >= 15 is 0 Å². The highest BCUT2D eigenvalue weighted by Crippen LogP contribution is 2.43. The van der Waals surface area contributed by atoms with Crippen molar-refractivity contribution in [3.8, 4) is 17.2 Å². The Bertz CT molecular complexity index is 611. The molecule has 0 heterocycles. The third kappa shape index (κ3) is 4.65. The molecule has 25 heavy (non-hydrogen) atoms. The van der Waals surface area contributed by atoms with Gasteiger partial charge in [0.2, 0.25) is 5.75 Å². The van der Waals surface area contributed by atoms with Gasteiger partial charge in [0.15, 0.2) is 11.5 Å². The molecule has 1 rings (SSSR count). The van der Waals surface area contributed by atoms with Crippen LogP contribution in [-0.4, -0.2) is 43.4 Å². The number of alkyl halides is 1. The van der Waals surface area contributed by atoms with E-state index in [-0.39, 0.29) is 6.61 Å². The lowest BCUT2D eigenvalue weighted by molar-refractivity contribution is -0.536. The Morgan fingerprint density at radius 2 is 1.80 bits per heavy atom. The molecule has 0 aliphatic heterocycles. The Labute approximate surface area is 153 Å². The van der Waals surface area contributed by atoms with Gasteiger partial charge < -0.3 is 24.3 Å². The Morgan fingerprint density at radius 3 is 2.16 bits per heavy atom. The molecule has 0 saturated carbocycles. The smallest absolute Gasteiger partial charge is 0.407 e. The summed E-state index contributed by atoms with van der Waals surface area (Å²) in [4.78, 5) is 22.8. The Hall–Kier alpha value is -2.23. The fraction of sp³-hybridized carbons (Fsp3) is 0.533. The summed E-state index contributed by atoms with van der Waals surface area (Å²) in [5.74, 6) is 0.944. The van der Waals surface area contributed by atoms with Crippen LogP contribution >= 0.6 is 15.9 Å². The van der Waals surface area contributed by atoms with Crippen molar-refractivity contribution in [2.75, 3.05) is 27.9 Å². The number of nitrogens with one attached hydrogen (secondary N) is 1. The van der Waals surface area contributed by atoms with Crippen molar-refractivity contribution in [1.82, 2.24) is 5.32 Å². The van der Waals surface area contributed by atoms with Gasteiger partial charge in [-0.2, -0.15) is 0 Å². The molecule has 0 bridgehead atoms. The number of benzene rings is 1. The number of ether oxygens (including phenoxy) is 4. The van der Waals surface area contributed by atoms with E-state index in [9.17, 15) is 14.9 Å². The van der Waals surface area contributed by atoms with E-state index in [0.29, 0.717) is 22.8 Å². The first-order valence-electron chi connectivity index (χ1n) is 7.29. The first-order valence-corrected chi connectivity index (χ1v) is 8.08. The minimum absolute atomic E-state index is 0.130. The van der Waals surface area contributed by atoms with Crippen molar-refractivity contribution in [2.45, 2.75) is 24.3 Å². The van der Waals surface area contributed by atoms with E-state index in [0.717, 1.165) is 0 Å². The molecule has 0 aromatic heterocycles. The van der Waals surface area contributed by atoms with Crippen LogP contribution in [-0.2, 0) is 4.74 Å². The molecule has 0 aliphatic rings. The molecule has 2 atom stereocenters. The number of nitro groups is 1. The topological polar surface area (TPSA) is 109 Å². The van der Waals surface area contributed by atoms with Gasteiger partial charge in [0.1, 0.15) is 6.04 Å². The zero-order chi connectivity index (χ0) is 19.2. The minimum Gasteiger partial charge on any atom is -0.493 e. The van der Waals surface area contributed by atoms with E-state index < -0.39 is 21.5 Å². The minimum atomic E-state index is -1.70. The molecule has 1 aromatic rings. The maximum absolute atomic E-state index is 11.9. The third-order valence-electron chi connectivity index (χ3n) is 3.44. The maximum Gasteiger partial charge on any atom is 0.407 e. The van der Waals surface area contributed by atoms with Crippen LogP contribution in [0.15, 0.2) is 12.1 Å². The number of halogens is 1. The molecule has 9 nitrogen and oxygen atoms in total. The Morgan fingerprint density at radius 1 is 1.28 bits per heavy atom. The molecule has 0 spiro atoms. The van der Waals surface area contributed by atoms with Gasteiger partial charge >= 0.3 is 6.09 Å². The summed E-state index contributed by atoms with van der Waals surface area (Å²) in [6.07, 6.45) is -0.784. The predicted molar refractivity (Wildman–Crippen MR) is 93.3 cm³/mol. The molecule has 0 radical (unpaired) electrons. The standard InChI is InChI=1S/C15H21BrN2O7/c1-6-25-14(19)17-13(15(2,16)18(20)21)9-7-10(22-3)12(24-5)11(8-9)23-4/h7-8,13H,6H2,1-5H3,(H,17,19)/t13-,15+/m1/s1. The summed E-state index contributed by atoms with van der Waals surface area (Å²) in [5, 5.41) is 14.0. The highest BCUT2D eigenvalue weighted by Gasteiger charge is 2.46. The fourth-order valence-electron chi connectivity index (χ4n) is 2.18. The van der Waals surface area contributed by atoms with E-state index in [4.69, 9.17) is 18.9 Å². The van der Waals surface area contributed by atoms with E-state index in [1.165, 1.54) is 40.4 Å². The first-order chi connectivity index (χ1) is 11.7. The summed E-state index contributed by atoms with van der Waals surface area (Å²) >= 11 is 3.08. The lowest BCUT2D eigenvalue weighted by Crippen LogP contribution is -2.45. The Balaban J connectivity index is 3.48. The summed E-state index contributed by atoms with van der Waals surface area (Å²) < 4.78 is 18.9. The predicted octanol–water partition coefficient (Wildman–Crippen LogP) is 2.89. The normalized spacial score (nSPS) is 14.0. The van der Waals surface area contributed by atoms with Gasteiger partial charge in [0.25, 0.3) is 4.45 Å². The molecule has 1 aromatic carbocycles. The van der Waals surface area contributed by atoms with Crippen LogP contribution in [0.1, 0.15) is 25.5 Å². The largest absolute Gasteiger partial charge is 0.493 e. The van der Waals surface area contributed by atoms with Crippen LogP contribution in [0.2, 0.25) is 0 Å². The van der Waals surface area contributed by atoms with Gasteiger partial charge in [-0.1, -0.05) is 0 Å². The second kappa shape index (κ2) is 8.75. The summed E-state index contributed by atoms with van der Waals surface area (Å²) in [7, 11) is 4.30. The van der Waals surface area contributed by atoms with Gasteiger partial charge in [-0.25, -0.2) is 4.79 Å². The van der Waals surface area contributed by atoms with Gasteiger partial charge in [-0.05, 0) is 24.6 Å². The van der Waals surface area contributed by atoms with Crippen LogP contribution in [0.5, 0.6) is 17.2 Å². The molecular weight excluding hydrogens is 400 g/mol. The molecule has 0 unspecified atom stereocenters. The molecule has 0 fully saturated rings. The molecule has 1 N–H and O–H groups in total. The third-order valence-corrected chi connectivity index (χ3v) is 4.19. The lowest BCUT2D eigenvalue weighted by Gasteiger charge is -2.27. The second-order valence-electron chi connectivity index (χ2n) is 5.04. The zero-order valence-corrected chi connectivity index (χ0v) is 16.2.